The fourth-order valence-corrected chi connectivity index (χ4v) is 3.17. The lowest BCUT2D eigenvalue weighted by atomic mass is 10.0. The number of nitrogens with zero attached hydrogens (tertiary/aromatic N) is 1. The standard InChI is InChI=1S/C15H14Br2N2O2/c16-10-4-9(7-19-8-10)15(18)11-5-13-14(6-12(11)17)21-3-1-2-20-13/h4-8,15H,1-3,18H2. The molecule has 1 unspecified atom stereocenters. The Morgan fingerprint density at radius 2 is 1.76 bits per heavy atom. The highest BCUT2D eigenvalue weighted by Gasteiger charge is 2.19. The van der Waals surface area contributed by atoms with Gasteiger partial charge in [-0.3, -0.25) is 4.98 Å². The molecule has 4 nitrogen and oxygen atoms in total. The van der Waals surface area contributed by atoms with Crippen LogP contribution in [-0.2, 0) is 0 Å². The molecule has 3 rings (SSSR count). The van der Waals surface area contributed by atoms with Crippen LogP contribution in [0.2, 0.25) is 0 Å². The molecular weight excluding hydrogens is 400 g/mol. The zero-order valence-corrected chi connectivity index (χ0v) is 14.4. The maximum Gasteiger partial charge on any atom is 0.162 e. The second-order valence-electron chi connectivity index (χ2n) is 4.79. The summed E-state index contributed by atoms with van der Waals surface area (Å²) in [6, 6.07) is 5.53. The van der Waals surface area contributed by atoms with Crippen LogP contribution in [-0.4, -0.2) is 18.2 Å². The highest BCUT2D eigenvalue weighted by Crippen LogP contribution is 2.38. The summed E-state index contributed by atoms with van der Waals surface area (Å²) in [6.07, 6.45) is 4.38. The molecule has 0 saturated carbocycles. The van der Waals surface area contributed by atoms with Crippen molar-refractivity contribution in [1.29, 1.82) is 0 Å². The predicted octanol–water partition coefficient (Wildman–Crippen LogP) is 3.82. The summed E-state index contributed by atoms with van der Waals surface area (Å²) >= 11 is 6.99. The summed E-state index contributed by atoms with van der Waals surface area (Å²) in [5, 5.41) is 0. The predicted molar refractivity (Wildman–Crippen MR) is 87.7 cm³/mol. The molecule has 0 bridgehead atoms. The monoisotopic (exact) mass is 412 g/mol. The number of pyridine rings is 1. The number of ether oxygens (including phenoxy) is 2. The molecule has 0 spiro atoms. The van der Waals surface area contributed by atoms with E-state index >= 15 is 0 Å². The highest BCUT2D eigenvalue weighted by molar-refractivity contribution is 9.10. The topological polar surface area (TPSA) is 57.4 Å². The van der Waals surface area contributed by atoms with Gasteiger partial charge in [0.05, 0.1) is 19.3 Å². The van der Waals surface area contributed by atoms with Gasteiger partial charge in [-0.05, 0) is 45.3 Å². The van der Waals surface area contributed by atoms with E-state index in [1.165, 1.54) is 0 Å². The minimum absolute atomic E-state index is 0.290. The second-order valence-corrected chi connectivity index (χ2v) is 6.56. The molecule has 0 aliphatic carbocycles. The van der Waals surface area contributed by atoms with E-state index in [0.29, 0.717) is 13.2 Å². The Bertz CT molecular complexity index is 664. The Labute approximate surface area is 139 Å². The third-order valence-corrected chi connectivity index (χ3v) is 4.41. The summed E-state index contributed by atoms with van der Waals surface area (Å²) in [6.45, 7) is 1.32. The maximum absolute atomic E-state index is 6.37. The number of hydrogen-bond acceptors (Lipinski definition) is 4. The van der Waals surface area contributed by atoms with Crippen LogP contribution in [0, 0.1) is 0 Å². The normalized spacial score (nSPS) is 15.4. The van der Waals surface area contributed by atoms with Crippen molar-refractivity contribution in [3.8, 4) is 11.5 Å². The molecule has 110 valence electrons. The molecule has 2 aromatic rings. The number of benzene rings is 1. The molecule has 1 aliphatic rings. The van der Waals surface area contributed by atoms with E-state index in [9.17, 15) is 0 Å². The van der Waals surface area contributed by atoms with Crippen molar-refractivity contribution in [1.82, 2.24) is 4.98 Å². The molecule has 1 aromatic heterocycles. The molecule has 1 aromatic carbocycles. The Hall–Kier alpha value is -1.11. The average Bonchev–Trinajstić information content (AvgIpc) is 2.70. The van der Waals surface area contributed by atoms with Crippen LogP contribution in [0.5, 0.6) is 11.5 Å². The number of fused-ring (bicyclic) bond motifs is 1. The molecule has 2 heterocycles. The van der Waals surface area contributed by atoms with Crippen molar-refractivity contribution in [2.24, 2.45) is 5.73 Å². The van der Waals surface area contributed by atoms with Crippen LogP contribution in [0.4, 0.5) is 0 Å². The first-order chi connectivity index (χ1) is 10.1. The maximum atomic E-state index is 6.37. The SMILES string of the molecule is NC(c1cncc(Br)c1)c1cc2c(cc1Br)OCCCO2. The molecule has 21 heavy (non-hydrogen) atoms. The third-order valence-electron chi connectivity index (χ3n) is 3.29. The fraction of sp³-hybridized carbons (Fsp3) is 0.267. The van der Waals surface area contributed by atoms with Gasteiger partial charge < -0.3 is 15.2 Å². The van der Waals surface area contributed by atoms with Crippen LogP contribution >= 0.6 is 31.9 Å². The van der Waals surface area contributed by atoms with Crippen molar-refractivity contribution < 1.29 is 9.47 Å². The van der Waals surface area contributed by atoms with Crippen molar-refractivity contribution >= 4 is 31.9 Å². The lowest BCUT2D eigenvalue weighted by molar-refractivity contribution is 0.297. The van der Waals surface area contributed by atoms with E-state index in [2.05, 4.69) is 36.8 Å². The van der Waals surface area contributed by atoms with Gasteiger partial charge in [0.2, 0.25) is 0 Å². The van der Waals surface area contributed by atoms with Crippen molar-refractivity contribution in [3.63, 3.8) is 0 Å². The van der Waals surface area contributed by atoms with Crippen LogP contribution < -0.4 is 15.2 Å². The van der Waals surface area contributed by atoms with E-state index in [4.69, 9.17) is 15.2 Å². The van der Waals surface area contributed by atoms with Crippen LogP contribution in [0.3, 0.4) is 0 Å². The number of aromatic nitrogens is 1. The zero-order valence-electron chi connectivity index (χ0n) is 11.2. The zero-order chi connectivity index (χ0) is 14.8. The Balaban J connectivity index is 2.00. The average molecular weight is 414 g/mol. The van der Waals surface area contributed by atoms with Crippen molar-refractivity contribution in [2.45, 2.75) is 12.5 Å². The fourth-order valence-electron chi connectivity index (χ4n) is 2.22. The highest BCUT2D eigenvalue weighted by atomic mass is 79.9. The van der Waals surface area contributed by atoms with Crippen molar-refractivity contribution in [3.05, 3.63) is 50.7 Å². The molecule has 0 saturated heterocycles. The number of halogens is 2. The molecule has 0 amide bonds. The second kappa shape index (κ2) is 6.34. The third kappa shape index (κ3) is 3.22. The van der Waals surface area contributed by atoms with Gasteiger partial charge in [0, 0.05) is 27.8 Å². The molecule has 0 fully saturated rings. The number of hydrogen-bond donors (Lipinski definition) is 1. The van der Waals surface area contributed by atoms with E-state index in [1.54, 1.807) is 12.4 Å². The first-order valence-corrected chi connectivity index (χ1v) is 8.19. The van der Waals surface area contributed by atoms with E-state index in [1.807, 2.05) is 18.2 Å². The summed E-state index contributed by atoms with van der Waals surface area (Å²) < 4.78 is 13.2. The first kappa shape index (κ1) is 14.8. The smallest absolute Gasteiger partial charge is 0.162 e. The molecule has 1 atom stereocenters. The van der Waals surface area contributed by atoms with Gasteiger partial charge in [-0.25, -0.2) is 0 Å². The molecule has 0 radical (unpaired) electrons. The lowest BCUT2D eigenvalue weighted by Gasteiger charge is -2.17. The minimum Gasteiger partial charge on any atom is -0.490 e. The summed E-state index contributed by atoms with van der Waals surface area (Å²) in [5.74, 6) is 1.49. The molecule has 1 aliphatic heterocycles. The summed E-state index contributed by atoms with van der Waals surface area (Å²) in [7, 11) is 0. The number of rotatable bonds is 2. The Kier molecular flexibility index (Phi) is 4.47. The summed E-state index contributed by atoms with van der Waals surface area (Å²) in [5.41, 5.74) is 8.24. The van der Waals surface area contributed by atoms with Crippen LogP contribution in [0.15, 0.2) is 39.5 Å². The van der Waals surface area contributed by atoms with E-state index in [0.717, 1.165) is 38.0 Å². The van der Waals surface area contributed by atoms with Gasteiger partial charge in [-0.2, -0.15) is 0 Å². The molecule has 6 heteroatoms. The van der Waals surface area contributed by atoms with E-state index < -0.39 is 0 Å². The van der Waals surface area contributed by atoms with Gasteiger partial charge >= 0.3 is 0 Å². The number of nitrogens with two attached hydrogens (primary N) is 1. The van der Waals surface area contributed by atoms with Crippen LogP contribution in [0.25, 0.3) is 0 Å². The quantitative estimate of drug-likeness (QED) is 0.812. The van der Waals surface area contributed by atoms with Gasteiger partial charge in [-0.15, -0.1) is 0 Å². The van der Waals surface area contributed by atoms with Crippen LogP contribution in [0.1, 0.15) is 23.6 Å². The molecular formula is C15H14Br2N2O2. The van der Waals surface area contributed by atoms with Crippen molar-refractivity contribution in [2.75, 3.05) is 13.2 Å². The largest absolute Gasteiger partial charge is 0.490 e. The van der Waals surface area contributed by atoms with Gasteiger partial charge in [0.15, 0.2) is 11.5 Å². The van der Waals surface area contributed by atoms with E-state index in [-0.39, 0.29) is 6.04 Å². The minimum atomic E-state index is -0.290. The van der Waals surface area contributed by atoms with Gasteiger partial charge in [-0.1, -0.05) is 15.9 Å². The first-order valence-electron chi connectivity index (χ1n) is 6.60. The lowest BCUT2D eigenvalue weighted by Crippen LogP contribution is -2.13. The summed E-state index contributed by atoms with van der Waals surface area (Å²) in [4.78, 5) is 4.16. The Morgan fingerprint density at radius 1 is 1.05 bits per heavy atom. The molecule has 2 N–H and O–H groups in total. The van der Waals surface area contributed by atoms with Gasteiger partial charge in [0.1, 0.15) is 0 Å². The van der Waals surface area contributed by atoms with Gasteiger partial charge in [0.25, 0.3) is 0 Å². The Morgan fingerprint density at radius 3 is 2.48 bits per heavy atom.